The summed E-state index contributed by atoms with van der Waals surface area (Å²) in [5.41, 5.74) is -1.01. The molecule has 0 unspecified atom stereocenters. The van der Waals surface area contributed by atoms with Crippen LogP contribution in [0.3, 0.4) is 0 Å². The van der Waals surface area contributed by atoms with Crippen LogP contribution in [0.2, 0.25) is 0 Å². The summed E-state index contributed by atoms with van der Waals surface area (Å²) >= 11 is 0. The second-order valence-electron chi connectivity index (χ2n) is 8.69. The van der Waals surface area contributed by atoms with E-state index in [4.69, 9.17) is 4.74 Å². The summed E-state index contributed by atoms with van der Waals surface area (Å²) in [6.07, 6.45) is 0.0638. The minimum Gasteiger partial charge on any atom is -0.480 e. The first kappa shape index (κ1) is 25.3. The molecule has 0 saturated carbocycles. The third kappa shape index (κ3) is 4.81. The van der Waals surface area contributed by atoms with E-state index in [0.717, 1.165) is 24.3 Å². The van der Waals surface area contributed by atoms with Gasteiger partial charge in [0, 0.05) is 18.7 Å². The van der Waals surface area contributed by atoms with E-state index < -0.39 is 60.6 Å². The number of nitrogens with zero attached hydrogens (tertiary/aromatic N) is 3. The molecule has 2 N–H and O–H groups in total. The lowest BCUT2D eigenvalue weighted by atomic mass is 9.82. The predicted octanol–water partition coefficient (Wildman–Crippen LogP) is 2.85. The van der Waals surface area contributed by atoms with Gasteiger partial charge in [-0.25, -0.2) is 32.3 Å². The summed E-state index contributed by atoms with van der Waals surface area (Å²) in [7, 11) is 1.13. The molecule has 0 spiro atoms. The summed E-state index contributed by atoms with van der Waals surface area (Å²) in [6.45, 7) is 0.302. The number of amidine groups is 1. The topological polar surface area (TPSA) is 104 Å². The Bertz CT molecular complexity index is 1250. The van der Waals surface area contributed by atoms with Gasteiger partial charge < -0.3 is 15.2 Å². The average molecular weight is 506 g/mol. The molecular formula is C24H22F4N4O4. The minimum atomic E-state index is -3.25. The van der Waals surface area contributed by atoms with Gasteiger partial charge in [0.15, 0.2) is 5.84 Å². The molecule has 3 heterocycles. The number of pyridine rings is 1. The summed E-state index contributed by atoms with van der Waals surface area (Å²) in [6, 6.07) is 6.12. The second kappa shape index (κ2) is 9.34. The van der Waals surface area contributed by atoms with Crippen LogP contribution in [-0.2, 0) is 19.9 Å². The first-order chi connectivity index (χ1) is 16.9. The van der Waals surface area contributed by atoms with Crippen LogP contribution in [-0.4, -0.2) is 64.9 Å². The zero-order chi connectivity index (χ0) is 26.3. The van der Waals surface area contributed by atoms with Crippen molar-refractivity contribution in [3.8, 4) is 0 Å². The average Bonchev–Trinajstić information content (AvgIpc) is 3.13. The maximum Gasteiger partial charge on any atom is 0.338 e. The van der Waals surface area contributed by atoms with Gasteiger partial charge in [-0.15, -0.1) is 0 Å². The summed E-state index contributed by atoms with van der Waals surface area (Å²) < 4.78 is 60.5. The number of alkyl halides is 2. The molecular weight excluding hydrogens is 484 g/mol. The molecule has 0 amide bonds. The Morgan fingerprint density at radius 3 is 2.42 bits per heavy atom. The van der Waals surface area contributed by atoms with Crippen LogP contribution in [0.4, 0.5) is 17.6 Å². The Hall–Kier alpha value is -3.80. The minimum absolute atomic E-state index is 0.0498. The normalized spacial score (nSPS) is 23.7. The highest BCUT2D eigenvalue weighted by Crippen LogP contribution is 2.40. The third-order valence-corrected chi connectivity index (χ3v) is 6.17. The molecule has 0 bridgehead atoms. The van der Waals surface area contributed by atoms with Crippen molar-refractivity contribution in [2.24, 2.45) is 4.99 Å². The van der Waals surface area contributed by atoms with Gasteiger partial charge >= 0.3 is 11.9 Å². The maximum atomic E-state index is 14.2. The van der Waals surface area contributed by atoms with Crippen molar-refractivity contribution in [3.63, 3.8) is 0 Å². The van der Waals surface area contributed by atoms with Gasteiger partial charge in [0.25, 0.3) is 5.92 Å². The van der Waals surface area contributed by atoms with Crippen molar-refractivity contribution in [2.45, 2.75) is 30.8 Å². The molecule has 1 fully saturated rings. The van der Waals surface area contributed by atoms with Gasteiger partial charge in [-0.05, 0) is 36.8 Å². The van der Waals surface area contributed by atoms with Gasteiger partial charge in [0.2, 0.25) is 0 Å². The Labute approximate surface area is 203 Å². The zero-order valence-corrected chi connectivity index (χ0v) is 19.3. The number of aromatic nitrogens is 1. The number of hydrogen-bond acceptors (Lipinski definition) is 7. The number of aliphatic imine (C=N–C) groups is 1. The Morgan fingerprint density at radius 1 is 1.17 bits per heavy atom. The number of benzene rings is 1. The lowest BCUT2D eigenvalue weighted by Gasteiger charge is -2.36. The van der Waals surface area contributed by atoms with Crippen LogP contribution < -0.4 is 5.32 Å². The van der Waals surface area contributed by atoms with E-state index in [9.17, 15) is 32.3 Å². The number of nitrogens with one attached hydrogen (secondary N) is 1. The largest absolute Gasteiger partial charge is 0.480 e. The van der Waals surface area contributed by atoms with Gasteiger partial charge in [-0.3, -0.25) is 9.69 Å². The Morgan fingerprint density at radius 2 is 1.83 bits per heavy atom. The van der Waals surface area contributed by atoms with Crippen molar-refractivity contribution in [1.29, 1.82) is 0 Å². The number of methoxy groups -OCH3 is 1. The molecule has 8 nitrogen and oxygen atoms in total. The molecule has 1 aromatic carbocycles. The van der Waals surface area contributed by atoms with Gasteiger partial charge in [0.1, 0.15) is 28.9 Å². The monoisotopic (exact) mass is 506 g/mol. The van der Waals surface area contributed by atoms with Crippen LogP contribution in [0, 0.1) is 11.6 Å². The van der Waals surface area contributed by atoms with E-state index in [1.165, 1.54) is 30.3 Å². The smallest absolute Gasteiger partial charge is 0.338 e. The molecule has 2 aliphatic heterocycles. The molecule has 190 valence electrons. The molecule has 1 saturated heterocycles. The maximum absolute atomic E-state index is 14.2. The lowest BCUT2D eigenvalue weighted by Crippen LogP contribution is -2.47. The molecule has 36 heavy (non-hydrogen) atoms. The molecule has 2 aliphatic rings. The number of esters is 1. The number of likely N-dealkylation sites (tertiary alicyclic amines) is 1. The molecule has 2 atom stereocenters. The van der Waals surface area contributed by atoms with Gasteiger partial charge in [-0.1, -0.05) is 12.1 Å². The number of carboxylic acids is 1. The van der Waals surface area contributed by atoms with Crippen molar-refractivity contribution in [1.82, 2.24) is 15.2 Å². The van der Waals surface area contributed by atoms with E-state index in [0.29, 0.717) is 5.56 Å². The Kier molecular flexibility index (Phi) is 6.56. The van der Waals surface area contributed by atoms with Crippen LogP contribution in [0.1, 0.15) is 24.6 Å². The fourth-order valence-corrected chi connectivity index (χ4v) is 4.47. The Balaban J connectivity index is 1.88. The fraction of sp³-hybridized carbons (Fsp3) is 0.333. The number of carbonyl (C=O) groups excluding carboxylic acids is 1. The highest BCUT2D eigenvalue weighted by molar-refractivity contribution is 6.03. The number of rotatable bonds is 6. The predicted molar refractivity (Wildman–Crippen MR) is 119 cm³/mol. The summed E-state index contributed by atoms with van der Waals surface area (Å²) in [5.74, 6) is -6.60. The van der Waals surface area contributed by atoms with Crippen molar-refractivity contribution in [3.05, 3.63) is 76.8 Å². The summed E-state index contributed by atoms with van der Waals surface area (Å²) in [4.78, 5) is 34.4. The third-order valence-electron chi connectivity index (χ3n) is 6.17. The quantitative estimate of drug-likeness (QED) is 0.459. The van der Waals surface area contributed by atoms with Crippen molar-refractivity contribution in [2.75, 3.05) is 20.2 Å². The van der Waals surface area contributed by atoms with E-state index in [-0.39, 0.29) is 22.8 Å². The van der Waals surface area contributed by atoms with Crippen LogP contribution in [0.15, 0.2) is 58.9 Å². The van der Waals surface area contributed by atoms with E-state index in [2.05, 4.69) is 15.3 Å². The standard InChI is InChI=1S/C24H22F4N4O4/c1-23(13-3-5-14(25)6-4-13)19(22(35)36-2)17(11-32-12-24(27,28)9-18(32)21(33)34)30-20(31-23)16-8-7-15(26)10-29-16/h3-8,10,18H,9,11-12H2,1-2H3,(H,30,31)(H,33,34)/t18-,23-/m0/s1. The van der Waals surface area contributed by atoms with Gasteiger partial charge in [0.05, 0.1) is 25.4 Å². The number of halogens is 4. The molecule has 4 rings (SSSR count). The zero-order valence-electron chi connectivity index (χ0n) is 19.3. The first-order valence-corrected chi connectivity index (χ1v) is 10.8. The molecule has 12 heteroatoms. The van der Waals surface area contributed by atoms with Gasteiger partial charge in [-0.2, -0.15) is 0 Å². The van der Waals surface area contributed by atoms with Crippen LogP contribution >= 0.6 is 0 Å². The second-order valence-corrected chi connectivity index (χ2v) is 8.69. The van der Waals surface area contributed by atoms with E-state index in [1.807, 2.05) is 0 Å². The SMILES string of the molecule is COC(=O)C1=C(CN2CC(F)(F)C[C@H]2C(=O)O)NC(c2ccc(F)cn2)=N[C@@]1(C)c1ccc(F)cc1. The number of ether oxygens (including phenoxy) is 1. The van der Waals surface area contributed by atoms with E-state index in [1.54, 1.807) is 6.92 Å². The lowest BCUT2D eigenvalue weighted by molar-refractivity contribution is -0.142. The van der Waals surface area contributed by atoms with E-state index >= 15 is 0 Å². The highest BCUT2D eigenvalue weighted by atomic mass is 19.3. The fourth-order valence-electron chi connectivity index (χ4n) is 4.47. The number of carbonyl (C=O) groups is 2. The number of carboxylic acid groups (broad SMARTS) is 1. The number of aliphatic carboxylic acids is 1. The molecule has 0 radical (unpaired) electrons. The van der Waals surface area contributed by atoms with Crippen molar-refractivity contribution >= 4 is 17.8 Å². The van der Waals surface area contributed by atoms with Crippen LogP contribution in [0.5, 0.6) is 0 Å². The number of hydrogen-bond donors (Lipinski definition) is 2. The van der Waals surface area contributed by atoms with Crippen molar-refractivity contribution < 1.29 is 37.0 Å². The molecule has 2 aromatic rings. The highest BCUT2D eigenvalue weighted by Gasteiger charge is 2.50. The molecule has 1 aromatic heterocycles. The molecule has 0 aliphatic carbocycles. The first-order valence-electron chi connectivity index (χ1n) is 10.8. The van der Waals surface area contributed by atoms with Crippen LogP contribution in [0.25, 0.3) is 0 Å². The summed E-state index contributed by atoms with van der Waals surface area (Å²) in [5, 5.41) is 12.4.